The van der Waals surface area contributed by atoms with Crippen molar-refractivity contribution in [3.8, 4) is 0 Å². The number of para-hydroxylation sites is 1. The number of rotatable bonds is 6. The molecular weight excluding hydrogens is 262 g/mol. The van der Waals surface area contributed by atoms with Crippen molar-refractivity contribution in [2.75, 3.05) is 31.5 Å². The Balaban J connectivity index is 1.88. The van der Waals surface area contributed by atoms with E-state index in [1.165, 1.54) is 0 Å². The second kappa shape index (κ2) is 8.09. The molecule has 0 aliphatic rings. The van der Waals surface area contributed by atoms with Crippen LogP contribution < -0.4 is 16.0 Å². The summed E-state index contributed by atoms with van der Waals surface area (Å²) in [4.78, 5) is 9.06. The quantitative estimate of drug-likeness (QED) is 0.433. The van der Waals surface area contributed by atoms with Gasteiger partial charge in [0, 0.05) is 25.0 Å². The number of pyridine rings is 1. The van der Waals surface area contributed by atoms with Gasteiger partial charge in [0.15, 0.2) is 5.96 Å². The summed E-state index contributed by atoms with van der Waals surface area (Å²) in [5.41, 5.74) is 1.01. The predicted octanol–water partition coefficient (Wildman–Crippen LogP) is 2.22. The molecule has 112 valence electrons. The second-order valence-electron chi connectivity index (χ2n) is 4.61. The van der Waals surface area contributed by atoms with Crippen LogP contribution in [0.3, 0.4) is 0 Å². The summed E-state index contributed by atoms with van der Waals surface area (Å²) in [5.74, 6) is 1.74. The highest BCUT2D eigenvalue weighted by Crippen LogP contribution is 2.14. The third kappa shape index (κ3) is 4.63. The van der Waals surface area contributed by atoms with Crippen molar-refractivity contribution in [2.45, 2.75) is 13.8 Å². The molecule has 2 rings (SSSR count). The Labute approximate surface area is 125 Å². The maximum absolute atomic E-state index is 4.57. The first-order valence-corrected chi connectivity index (χ1v) is 7.45. The molecule has 5 heteroatoms. The van der Waals surface area contributed by atoms with E-state index in [0.717, 1.165) is 42.3 Å². The van der Waals surface area contributed by atoms with Crippen LogP contribution in [0.2, 0.25) is 0 Å². The number of aromatic nitrogens is 1. The van der Waals surface area contributed by atoms with Gasteiger partial charge in [-0.2, -0.15) is 0 Å². The van der Waals surface area contributed by atoms with E-state index < -0.39 is 0 Å². The van der Waals surface area contributed by atoms with Crippen LogP contribution in [0.5, 0.6) is 0 Å². The molecule has 0 unspecified atom stereocenters. The van der Waals surface area contributed by atoms with Crippen molar-refractivity contribution in [1.29, 1.82) is 0 Å². The van der Waals surface area contributed by atoms with Gasteiger partial charge < -0.3 is 16.0 Å². The van der Waals surface area contributed by atoms with Crippen LogP contribution >= 0.6 is 0 Å². The van der Waals surface area contributed by atoms with Crippen LogP contribution in [0, 0.1) is 0 Å². The Morgan fingerprint density at radius 1 is 1.05 bits per heavy atom. The summed E-state index contributed by atoms with van der Waals surface area (Å²) < 4.78 is 0. The molecule has 1 heterocycles. The fourth-order valence-corrected chi connectivity index (χ4v) is 2.03. The summed E-state index contributed by atoms with van der Waals surface area (Å²) in [6.45, 7) is 7.31. The number of nitrogens with zero attached hydrogens (tertiary/aromatic N) is 2. The lowest BCUT2D eigenvalue weighted by Gasteiger charge is -2.09. The minimum Gasteiger partial charge on any atom is -0.368 e. The molecular formula is C16H23N5. The number of nitrogens with one attached hydrogen (secondary N) is 3. The number of hydrogen-bond donors (Lipinski definition) is 3. The number of fused-ring (bicyclic) bond motifs is 1. The summed E-state index contributed by atoms with van der Waals surface area (Å²) in [5, 5.41) is 10.9. The molecule has 3 N–H and O–H groups in total. The van der Waals surface area contributed by atoms with Crippen molar-refractivity contribution in [3.63, 3.8) is 0 Å². The van der Waals surface area contributed by atoms with Crippen LogP contribution in [-0.2, 0) is 0 Å². The lowest BCUT2D eigenvalue weighted by atomic mass is 10.2. The molecule has 1 aromatic heterocycles. The molecule has 2 aromatic rings. The molecule has 21 heavy (non-hydrogen) atoms. The number of hydrogen-bond acceptors (Lipinski definition) is 3. The van der Waals surface area contributed by atoms with Crippen molar-refractivity contribution >= 4 is 22.7 Å². The summed E-state index contributed by atoms with van der Waals surface area (Å²) in [6, 6.07) is 12.2. The van der Waals surface area contributed by atoms with Gasteiger partial charge in [0.05, 0.1) is 12.1 Å². The van der Waals surface area contributed by atoms with E-state index >= 15 is 0 Å². The minimum atomic E-state index is 0.698. The lowest BCUT2D eigenvalue weighted by Crippen LogP contribution is -2.37. The fourth-order valence-electron chi connectivity index (χ4n) is 2.03. The highest BCUT2D eigenvalue weighted by molar-refractivity contribution is 5.80. The Hall–Kier alpha value is -2.30. The molecule has 0 amide bonds. The highest BCUT2D eigenvalue weighted by Gasteiger charge is 1.97. The van der Waals surface area contributed by atoms with Gasteiger partial charge in [0.25, 0.3) is 0 Å². The van der Waals surface area contributed by atoms with Gasteiger partial charge >= 0.3 is 0 Å². The second-order valence-corrected chi connectivity index (χ2v) is 4.61. The number of anilines is 1. The van der Waals surface area contributed by atoms with Crippen molar-refractivity contribution in [3.05, 3.63) is 36.4 Å². The molecule has 0 aliphatic carbocycles. The highest BCUT2D eigenvalue weighted by atomic mass is 15.2. The van der Waals surface area contributed by atoms with Crippen LogP contribution in [0.1, 0.15) is 13.8 Å². The molecule has 0 spiro atoms. The average Bonchev–Trinajstić information content (AvgIpc) is 2.52. The van der Waals surface area contributed by atoms with Crippen molar-refractivity contribution in [1.82, 2.24) is 15.6 Å². The molecule has 0 fully saturated rings. The normalized spacial score (nSPS) is 10.2. The SMILES string of the molecule is CCNC(=NCCNc1ccc2ccccc2n1)NCC. The summed E-state index contributed by atoms with van der Waals surface area (Å²) >= 11 is 0. The zero-order valence-electron chi connectivity index (χ0n) is 12.7. The summed E-state index contributed by atoms with van der Waals surface area (Å²) in [6.07, 6.45) is 0. The smallest absolute Gasteiger partial charge is 0.191 e. The lowest BCUT2D eigenvalue weighted by molar-refractivity contribution is 0.839. The Kier molecular flexibility index (Phi) is 5.82. The van der Waals surface area contributed by atoms with Crippen LogP contribution in [0.4, 0.5) is 5.82 Å². The van der Waals surface area contributed by atoms with Gasteiger partial charge in [-0.05, 0) is 32.0 Å². The van der Waals surface area contributed by atoms with Gasteiger partial charge in [-0.1, -0.05) is 18.2 Å². The van der Waals surface area contributed by atoms with E-state index in [0.29, 0.717) is 6.54 Å². The summed E-state index contributed by atoms with van der Waals surface area (Å²) in [7, 11) is 0. The molecule has 0 saturated heterocycles. The first-order chi connectivity index (χ1) is 10.3. The first kappa shape index (κ1) is 15.1. The van der Waals surface area contributed by atoms with Crippen LogP contribution in [0.25, 0.3) is 10.9 Å². The average molecular weight is 285 g/mol. The third-order valence-electron chi connectivity index (χ3n) is 2.97. The van der Waals surface area contributed by atoms with Crippen molar-refractivity contribution in [2.24, 2.45) is 4.99 Å². The largest absolute Gasteiger partial charge is 0.368 e. The third-order valence-corrected chi connectivity index (χ3v) is 2.97. The predicted molar refractivity (Wildman–Crippen MR) is 89.9 cm³/mol. The van der Waals surface area contributed by atoms with Crippen LogP contribution in [0.15, 0.2) is 41.4 Å². The molecule has 0 radical (unpaired) electrons. The molecule has 0 bridgehead atoms. The van der Waals surface area contributed by atoms with Gasteiger partial charge in [-0.25, -0.2) is 4.98 Å². The van der Waals surface area contributed by atoms with Crippen LogP contribution in [-0.4, -0.2) is 37.1 Å². The number of benzene rings is 1. The van der Waals surface area contributed by atoms with Gasteiger partial charge in [0.1, 0.15) is 5.82 Å². The molecule has 1 aromatic carbocycles. The zero-order valence-corrected chi connectivity index (χ0v) is 12.7. The zero-order chi connectivity index (χ0) is 14.9. The first-order valence-electron chi connectivity index (χ1n) is 7.45. The Bertz CT molecular complexity index is 586. The van der Waals surface area contributed by atoms with E-state index in [1.807, 2.05) is 24.3 Å². The maximum atomic E-state index is 4.57. The van der Waals surface area contributed by atoms with E-state index in [2.05, 4.69) is 51.9 Å². The molecule has 0 saturated carbocycles. The minimum absolute atomic E-state index is 0.698. The number of guanidine groups is 1. The van der Waals surface area contributed by atoms with E-state index in [1.54, 1.807) is 0 Å². The Morgan fingerprint density at radius 2 is 1.81 bits per heavy atom. The van der Waals surface area contributed by atoms with Crippen molar-refractivity contribution < 1.29 is 0 Å². The molecule has 5 nitrogen and oxygen atoms in total. The monoisotopic (exact) mass is 285 g/mol. The van der Waals surface area contributed by atoms with Gasteiger partial charge in [-0.15, -0.1) is 0 Å². The van der Waals surface area contributed by atoms with E-state index in [4.69, 9.17) is 0 Å². The molecule has 0 atom stereocenters. The van der Waals surface area contributed by atoms with Gasteiger partial charge in [-0.3, -0.25) is 4.99 Å². The standard InChI is InChI=1S/C16H23N5/c1-3-17-16(18-4-2)20-12-11-19-15-10-9-13-7-5-6-8-14(13)21-15/h5-10H,3-4,11-12H2,1-2H3,(H,19,21)(H2,17,18,20). The number of aliphatic imine (C=N–C) groups is 1. The Morgan fingerprint density at radius 3 is 2.57 bits per heavy atom. The molecule has 0 aliphatic heterocycles. The van der Waals surface area contributed by atoms with E-state index in [9.17, 15) is 0 Å². The topological polar surface area (TPSA) is 61.3 Å². The maximum Gasteiger partial charge on any atom is 0.191 e. The fraction of sp³-hybridized carbons (Fsp3) is 0.375. The van der Waals surface area contributed by atoms with E-state index in [-0.39, 0.29) is 0 Å². The van der Waals surface area contributed by atoms with Gasteiger partial charge in [0.2, 0.25) is 0 Å².